The molecule has 33 heavy (non-hydrogen) atoms. The molecular formula is C25H29N3O5. The number of carbonyl (C=O) groups is 4. The van der Waals surface area contributed by atoms with Crippen molar-refractivity contribution in [3.63, 3.8) is 0 Å². The number of hydrogen-bond acceptors (Lipinski definition) is 5. The Bertz CT molecular complexity index is 1060. The first-order chi connectivity index (χ1) is 15.5. The lowest BCUT2D eigenvalue weighted by atomic mass is 10.1. The summed E-state index contributed by atoms with van der Waals surface area (Å²) < 4.78 is 5.01. The van der Waals surface area contributed by atoms with Gasteiger partial charge in [0.25, 0.3) is 5.91 Å². The third kappa shape index (κ3) is 6.41. The highest BCUT2D eigenvalue weighted by Gasteiger charge is 2.39. The number of carbonyl (C=O) groups excluding carboxylic acids is 4. The van der Waals surface area contributed by atoms with Gasteiger partial charge in [0.15, 0.2) is 0 Å². The predicted octanol–water partition coefficient (Wildman–Crippen LogP) is 3.13. The molecule has 0 aromatic heterocycles. The lowest BCUT2D eigenvalue weighted by Crippen LogP contribution is -2.43. The molecule has 1 unspecified atom stereocenters. The van der Waals surface area contributed by atoms with E-state index in [1.165, 1.54) is 13.0 Å². The monoisotopic (exact) mass is 451 g/mol. The molecule has 0 saturated carbocycles. The second-order valence-electron chi connectivity index (χ2n) is 9.07. The topological polar surface area (TPSA) is 105 Å². The van der Waals surface area contributed by atoms with Crippen LogP contribution in [0.2, 0.25) is 0 Å². The van der Waals surface area contributed by atoms with Crippen LogP contribution >= 0.6 is 0 Å². The van der Waals surface area contributed by atoms with E-state index in [9.17, 15) is 19.2 Å². The lowest BCUT2D eigenvalue weighted by molar-refractivity contribution is -0.132. The van der Waals surface area contributed by atoms with Crippen molar-refractivity contribution in [2.24, 2.45) is 5.92 Å². The number of nitrogens with one attached hydrogen (secondary N) is 2. The third-order valence-corrected chi connectivity index (χ3v) is 5.34. The van der Waals surface area contributed by atoms with Crippen LogP contribution in [-0.4, -0.2) is 40.7 Å². The molecule has 1 saturated heterocycles. The molecule has 1 aliphatic rings. The normalized spacial score (nSPS) is 15.8. The van der Waals surface area contributed by atoms with Crippen molar-refractivity contribution in [2.75, 3.05) is 11.9 Å². The van der Waals surface area contributed by atoms with Crippen LogP contribution in [0.3, 0.4) is 0 Å². The van der Waals surface area contributed by atoms with Crippen molar-refractivity contribution >= 4 is 29.4 Å². The van der Waals surface area contributed by atoms with Crippen molar-refractivity contribution in [1.82, 2.24) is 10.2 Å². The number of rotatable bonds is 6. The number of ether oxygens (including phenoxy) is 1. The molecule has 174 valence electrons. The highest BCUT2D eigenvalue weighted by atomic mass is 16.5. The minimum Gasteiger partial charge on any atom is -0.427 e. The van der Waals surface area contributed by atoms with Gasteiger partial charge in [-0.2, -0.15) is 0 Å². The first kappa shape index (κ1) is 24.0. The van der Waals surface area contributed by atoms with Gasteiger partial charge in [-0.25, -0.2) is 0 Å². The highest BCUT2D eigenvalue weighted by Crippen LogP contribution is 2.26. The van der Waals surface area contributed by atoms with E-state index in [-0.39, 0.29) is 35.6 Å². The lowest BCUT2D eigenvalue weighted by Gasteiger charge is -2.31. The average Bonchev–Trinajstić information content (AvgIpc) is 3.15. The second kappa shape index (κ2) is 9.85. The van der Waals surface area contributed by atoms with E-state index in [0.717, 1.165) is 5.56 Å². The number of amides is 3. The number of hydrogen-bond donors (Lipinski definition) is 2. The number of benzene rings is 2. The smallest absolute Gasteiger partial charge is 0.308 e. The fourth-order valence-corrected chi connectivity index (χ4v) is 3.64. The van der Waals surface area contributed by atoms with Crippen molar-refractivity contribution in [2.45, 2.75) is 46.2 Å². The molecule has 0 bridgehead atoms. The van der Waals surface area contributed by atoms with Crippen LogP contribution in [0.25, 0.3) is 0 Å². The molecule has 1 fully saturated rings. The molecular weight excluding hydrogens is 422 g/mol. The van der Waals surface area contributed by atoms with E-state index in [1.807, 2.05) is 32.9 Å². The van der Waals surface area contributed by atoms with E-state index >= 15 is 0 Å². The van der Waals surface area contributed by atoms with Crippen LogP contribution in [0.5, 0.6) is 5.75 Å². The summed E-state index contributed by atoms with van der Waals surface area (Å²) in [6.07, 6.45) is 0.229. The Morgan fingerprint density at radius 1 is 1.09 bits per heavy atom. The first-order valence-corrected chi connectivity index (χ1v) is 10.8. The standard InChI is InChI=1S/C25H29N3O5/c1-16(29)33-21-7-5-6-18(12-21)24(32)27-20-10-8-17(9-11-20)14-26-23(31)19-13-22(30)28(15-19)25(2,3)4/h5-12,19H,13-15H2,1-4H3,(H,26,31)(H,27,32). The summed E-state index contributed by atoms with van der Waals surface area (Å²) >= 11 is 0. The summed E-state index contributed by atoms with van der Waals surface area (Å²) in [7, 11) is 0. The predicted molar refractivity (Wildman–Crippen MR) is 124 cm³/mol. The molecule has 0 radical (unpaired) electrons. The molecule has 1 aliphatic heterocycles. The Balaban J connectivity index is 1.52. The van der Waals surface area contributed by atoms with Gasteiger partial charge in [0, 0.05) is 43.2 Å². The van der Waals surface area contributed by atoms with Crippen LogP contribution in [0.1, 0.15) is 50.0 Å². The fourth-order valence-electron chi connectivity index (χ4n) is 3.64. The zero-order valence-corrected chi connectivity index (χ0v) is 19.3. The van der Waals surface area contributed by atoms with Crippen molar-refractivity contribution < 1.29 is 23.9 Å². The minimum absolute atomic E-state index is 0.00105. The van der Waals surface area contributed by atoms with Crippen molar-refractivity contribution in [3.05, 3.63) is 59.7 Å². The molecule has 0 spiro atoms. The van der Waals surface area contributed by atoms with Crippen LogP contribution in [0, 0.1) is 5.92 Å². The maximum Gasteiger partial charge on any atom is 0.308 e. The van der Waals surface area contributed by atoms with Gasteiger partial charge in [-0.1, -0.05) is 18.2 Å². The summed E-state index contributed by atoms with van der Waals surface area (Å²) in [6.45, 7) is 7.94. The highest BCUT2D eigenvalue weighted by molar-refractivity contribution is 6.04. The van der Waals surface area contributed by atoms with Crippen LogP contribution in [0.4, 0.5) is 5.69 Å². The van der Waals surface area contributed by atoms with Crippen LogP contribution < -0.4 is 15.4 Å². The molecule has 2 N–H and O–H groups in total. The summed E-state index contributed by atoms with van der Waals surface area (Å²) in [5.74, 6) is -0.976. The minimum atomic E-state index is -0.457. The van der Waals surface area contributed by atoms with Gasteiger partial charge in [-0.15, -0.1) is 0 Å². The largest absolute Gasteiger partial charge is 0.427 e. The van der Waals surface area contributed by atoms with Gasteiger partial charge in [0.2, 0.25) is 11.8 Å². The Morgan fingerprint density at radius 3 is 2.39 bits per heavy atom. The van der Waals surface area contributed by atoms with E-state index < -0.39 is 5.97 Å². The zero-order valence-electron chi connectivity index (χ0n) is 19.3. The quantitative estimate of drug-likeness (QED) is 0.519. The Morgan fingerprint density at radius 2 is 1.79 bits per heavy atom. The average molecular weight is 452 g/mol. The van der Waals surface area contributed by atoms with Gasteiger partial charge in [-0.3, -0.25) is 19.2 Å². The number of esters is 1. The third-order valence-electron chi connectivity index (χ3n) is 5.34. The Hall–Kier alpha value is -3.68. The van der Waals surface area contributed by atoms with Crippen LogP contribution in [-0.2, 0) is 20.9 Å². The molecule has 8 nitrogen and oxygen atoms in total. The number of nitrogens with zero attached hydrogens (tertiary/aromatic N) is 1. The number of anilines is 1. The van der Waals surface area contributed by atoms with Crippen molar-refractivity contribution in [3.8, 4) is 5.75 Å². The van der Waals surface area contributed by atoms with Gasteiger partial charge in [0.05, 0.1) is 5.92 Å². The van der Waals surface area contributed by atoms with Crippen LogP contribution in [0.15, 0.2) is 48.5 Å². The molecule has 2 aromatic carbocycles. The Labute approximate surface area is 193 Å². The molecule has 3 amide bonds. The SMILES string of the molecule is CC(=O)Oc1cccc(C(=O)Nc2ccc(CNC(=O)C3CC(=O)N(C(C)(C)C)C3)cc2)c1. The first-order valence-electron chi connectivity index (χ1n) is 10.8. The molecule has 2 aromatic rings. The maximum atomic E-state index is 12.5. The summed E-state index contributed by atoms with van der Waals surface area (Å²) in [4.78, 5) is 50.0. The van der Waals surface area contributed by atoms with Gasteiger partial charge < -0.3 is 20.3 Å². The Kier molecular flexibility index (Phi) is 7.16. The molecule has 8 heteroatoms. The van der Waals surface area contributed by atoms with E-state index in [2.05, 4.69) is 10.6 Å². The second-order valence-corrected chi connectivity index (χ2v) is 9.07. The molecule has 0 aliphatic carbocycles. The summed E-state index contributed by atoms with van der Waals surface area (Å²) in [5.41, 5.74) is 1.53. The van der Waals surface area contributed by atoms with E-state index in [4.69, 9.17) is 4.74 Å². The maximum absolute atomic E-state index is 12.5. The summed E-state index contributed by atoms with van der Waals surface area (Å²) in [5, 5.41) is 5.68. The van der Waals surface area contributed by atoms with Gasteiger partial charge in [-0.05, 0) is 56.7 Å². The molecule has 1 heterocycles. The molecule has 1 atom stereocenters. The van der Waals surface area contributed by atoms with Crippen molar-refractivity contribution in [1.29, 1.82) is 0 Å². The zero-order chi connectivity index (χ0) is 24.2. The van der Waals surface area contributed by atoms with Gasteiger partial charge in [0.1, 0.15) is 5.75 Å². The number of likely N-dealkylation sites (tertiary alicyclic amines) is 1. The van der Waals surface area contributed by atoms with E-state index in [1.54, 1.807) is 35.2 Å². The summed E-state index contributed by atoms with van der Waals surface area (Å²) in [6, 6.07) is 13.5. The van der Waals surface area contributed by atoms with Gasteiger partial charge >= 0.3 is 5.97 Å². The fraction of sp³-hybridized carbons (Fsp3) is 0.360. The molecule has 3 rings (SSSR count). The van der Waals surface area contributed by atoms with E-state index in [0.29, 0.717) is 30.1 Å².